The maximum atomic E-state index is 13.1. The van der Waals surface area contributed by atoms with E-state index in [1.165, 1.54) is 16.9 Å². The first-order valence-corrected chi connectivity index (χ1v) is 11.4. The highest BCUT2D eigenvalue weighted by Crippen LogP contribution is 2.33. The topological polar surface area (TPSA) is 53.5 Å². The van der Waals surface area contributed by atoms with Gasteiger partial charge in [-0.3, -0.25) is 14.5 Å². The lowest BCUT2D eigenvalue weighted by atomic mass is 9.98. The molecule has 0 unspecified atom stereocenters. The van der Waals surface area contributed by atoms with Crippen LogP contribution in [0, 0.1) is 12.8 Å². The average Bonchev–Trinajstić information content (AvgIpc) is 3.28. The summed E-state index contributed by atoms with van der Waals surface area (Å²) in [6.45, 7) is 6.09. The number of hydrogen-bond acceptors (Lipinski definition) is 5. The first-order chi connectivity index (χ1) is 14.5. The first-order valence-electron chi connectivity index (χ1n) is 10.6. The number of amides is 2. The molecule has 2 aromatic carbocycles. The summed E-state index contributed by atoms with van der Waals surface area (Å²) in [5.74, 6) is 0.385. The number of nitrogens with zero attached hydrogens (tertiary/aromatic N) is 3. The van der Waals surface area contributed by atoms with Gasteiger partial charge < -0.3 is 0 Å². The molecule has 2 saturated heterocycles. The van der Waals surface area contributed by atoms with Crippen molar-refractivity contribution >= 4 is 39.1 Å². The minimum absolute atomic E-state index is 0.0858. The van der Waals surface area contributed by atoms with E-state index in [2.05, 4.69) is 30.9 Å². The summed E-state index contributed by atoms with van der Waals surface area (Å²) in [4.78, 5) is 34.1. The Morgan fingerprint density at radius 1 is 1.10 bits per heavy atom. The van der Waals surface area contributed by atoms with Crippen molar-refractivity contribution in [2.24, 2.45) is 5.92 Å². The van der Waals surface area contributed by atoms with Crippen molar-refractivity contribution < 1.29 is 9.59 Å². The van der Waals surface area contributed by atoms with Gasteiger partial charge in [-0.2, -0.15) is 0 Å². The van der Waals surface area contributed by atoms with Crippen LogP contribution in [0.15, 0.2) is 42.5 Å². The molecule has 3 aromatic rings. The minimum atomic E-state index is -0.313. The largest absolute Gasteiger partial charge is 0.291 e. The predicted octanol–water partition coefficient (Wildman–Crippen LogP) is 4.64. The van der Waals surface area contributed by atoms with E-state index < -0.39 is 0 Å². The molecule has 154 valence electrons. The molecule has 1 aromatic heterocycles. The van der Waals surface area contributed by atoms with E-state index >= 15 is 0 Å². The molecule has 0 spiro atoms. The number of piperidine rings is 1. The van der Waals surface area contributed by atoms with Crippen molar-refractivity contribution in [3.8, 4) is 10.6 Å². The zero-order chi connectivity index (χ0) is 20.8. The SMILES string of the molecule is Cc1ccc2nc(-c3ccc(N4C(=O)C[C@@H](N5CCC[C@@H](C)C5)C4=O)cc3)sc2c1. The van der Waals surface area contributed by atoms with Crippen LogP contribution >= 0.6 is 11.3 Å². The number of hydrogen-bond donors (Lipinski definition) is 0. The second kappa shape index (κ2) is 7.60. The summed E-state index contributed by atoms with van der Waals surface area (Å²) in [6.07, 6.45) is 2.57. The van der Waals surface area contributed by atoms with Crippen LogP contribution in [-0.2, 0) is 9.59 Å². The molecule has 0 N–H and O–H groups in total. The molecule has 0 bridgehead atoms. The highest BCUT2D eigenvalue weighted by Gasteiger charge is 2.43. The molecule has 2 fully saturated rings. The molecule has 5 rings (SSSR count). The van der Waals surface area contributed by atoms with Gasteiger partial charge in [0, 0.05) is 12.1 Å². The molecule has 6 heteroatoms. The van der Waals surface area contributed by atoms with Gasteiger partial charge in [-0.1, -0.05) is 13.0 Å². The molecule has 2 aliphatic heterocycles. The quantitative estimate of drug-likeness (QED) is 0.581. The zero-order valence-electron chi connectivity index (χ0n) is 17.3. The van der Waals surface area contributed by atoms with Gasteiger partial charge in [-0.15, -0.1) is 11.3 Å². The van der Waals surface area contributed by atoms with E-state index in [-0.39, 0.29) is 24.3 Å². The third kappa shape index (κ3) is 3.44. The van der Waals surface area contributed by atoms with Gasteiger partial charge in [0.1, 0.15) is 5.01 Å². The second-order valence-corrected chi connectivity index (χ2v) is 9.60. The summed E-state index contributed by atoms with van der Waals surface area (Å²) < 4.78 is 1.16. The molecule has 2 amide bonds. The Balaban J connectivity index is 1.38. The van der Waals surface area contributed by atoms with Crippen LogP contribution in [0.25, 0.3) is 20.8 Å². The molecule has 2 atom stereocenters. The lowest BCUT2D eigenvalue weighted by molar-refractivity contribution is -0.123. The summed E-state index contributed by atoms with van der Waals surface area (Å²) in [6, 6.07) is 13.6. The predicted molar refractivity (Wildman–Crippen MR) is 121 cm³/mol. The third-order valence-corrected chi connectivity index (χ3v) is 7.24. The highest BCUT2D eigenvalue weighted by molar-refractivity contribution is 7.21. The van der Waals surface area contributed by atoms with Crippen LogP contribution in [0.5, 0.6) is 0 Å². The summed E-state index contributed by atoms with van der Waals surface area (Å²) in [5.41, 5.74) is 3.86. The van der Waals surface area contributed by atoms with Gasteiger partial charge in [-0.25, -0.2) is 9.88 Å². The number of imide groups is 1. The first kappa shape index (κ1) is 19.4. The van der Waals surface area contributed by atoms with Gasteiger partial charge in [-0.05, 0) is 74.2 Å². The third-order valence-electron chi connectivity index (χ3n) is 6.17. The van der Waals surface area contributed by atoms with Crippen LogP contribution in [0.4, 0.5) is 5.69 Å². The Labute approximate surface area is 180 Å². The Kier molecular flexibility index (Phi) is 4.91. The van der Waals surface area contributed by atoms with Crippen molar-refractivity contribution in [1.82, 2.24) is 9.88 Å². The van der Waals surface area contributed by atoms with E-state index in [0.717, 1.165) is 40.3 Å². The number of aromatic nitrogens is 1. The van der Waals surface area contributed by atoms with Crippen molar-refractivity contribution in [3.05, 3.63) is 48.0 Å². The molecule has 30 heavy (non-hydrogen) atoms. The number of carbonyl (C=O) groups is 2. The van der Waals surface area contributed by atoms with E-state index in [1.54, 1.807) is 11.3 Å². The number of thiazole rings is 1. The maximum Gasteiger partial charge on any atom is 0.251 e. The fourth-order valence-electron chi connectivity index (χ4n) is 4.59. The summed E-state index contributed by atoms with van der Waals surface area (Å²) >= 11 is 1.66. The summed E-state index contributed by atoms with van der Waals surface area (Å²) in [5, 5.41) is 0.946. The minimum Gasteiger partial charge on any atom is -0.291 e. The number of aryl methyl sites for hydroxylation is 1. The van der Waals surface area contributed by atoms with Gasteiger partial charge in [0.2, 0.25) is 5.91 Å². The fourth-order valence-corrected chi connectivity index (χ4v) is 5.66. The zero-order valence-corrected chi connectivity index (χ0v) is 18.1. The van der Waals surface area contributed by atoms with Crippen LogP contribution in [0.2, 0.25) is 0 Å². The monoisotopic (exact) mass is 419 g/mol. The number of carbonyl (C=O) groups excluding carboxylic acids is 2. The van der Waals surface area contributed by atoms with Gasteiger partial charge in [0.15, 0.2) is 0 Å². The molecular weight excluding hydrogens is 394 g/mol. The fraction of sp³-hybridized carbons (Fsp3) is 0.375. The lowest BCUT2D eigenvalue weighted by Gasteiger charge is -2.34. The highest BCUT2D eigenvalue weighted by atomic mass is 32.1. The normalized spacial score (nSPS) is 22.9. The Hall–Kier alpha value is -2.57. The molecule has 2 aliphatic rings. The number of rotatable bonds is 3. The molecule has 0 radical (unpaired) electrons. The standard InChI is InChI=1S/C24H25N3O2S/c1-15-5-10-19-21(12-15)30-23(25-19)17-6-8-18(9-7-17)27-22(28)13-20(24(27)29)26-11-3-4-16(2)14-26/h5-10,12,16,20H,3-4,11,13-14H2,1-2H3/t16-,20-/m1/s1. The van der Waals surface area contributed by atoms with Crippen molar-refractivity contribution in [3.63, 3.8) is 0 Å². The maximum absolute atomic E-state index is 13.1. The Morgan fingerprint density at radius 3 is 2.67 bits per heavy atom. The molecule has 0 aliphatic carbocycles. The van der Waals surface area contributed by atoms with Crippen molar-refractivity contribution in [2.75, 3.05) is 18.0 Å². The van der Waals surface area contributed by atoms with Crippen LogP contribution in [-0.4, -0.2) is 40.8 Å². The van der Waals surface area contributed by atoms with Gasteiger partial charge in [0.05, 0.1) is 28.4 Å². The summed E-state index contributed by atoms with van der Waals surface area (Å²) in [7, 11) is 0. The van der Waals surface area contributed by atoms with E-state index in [4.69, 9.17) is 4.98 Å². The molecule has 5 nitrogen and oxygen atoms in total. The van der Waals surface area contributed by atoms with Gasteiger partial charge in [0.25, 0.3) is 5.91 Å². The van der Waals surface area contributed by atoms with Crippen molar-refractivity contribution in [1.29, 1.82) is 0 Å². The lowest BCUT2D eigenvalue weighted by Crippen LogP contribution is -2.46. The molecule has 3 heterocycles. The van der Waals surface area contributed by atoms with Crippen LogP contribution in [0.3, 0.4) is 0 Å². The second-order valence-electron chi connectivity index (χ2n) is 8.57. The molecular formula is C24H25N3O2S. The Morgan fingerprint density at radius 2 is 1.90 bits per heavy atom. The number of anilines is 1. The number of fused-ring (bicyclic) bond motifs is 1. The number of benzene rings is 2. The van der Waals surface area contributed by atoms with Crippen molar-refractivity contribution in [2.45, 2.75) is 39.2 Å². The van der Waals surface area contributed by atoms with Crippen LogP contribution in [0.1, 0.15) is 31.7 Å². The average molecular weight is 420 g/mol. The van der Waals surface area contributed by atoms with E-state index in [9.17, 15) is 9.59 Å². The van der Waals surface area contributed by atoms with Crippen LogP contribution < -0.4 is 4.90 Å². The molecule has 0 saturated carbocycles. The van der Waals surface area contributed by atoms with Gasteiger partial charge >= 0.3 is 0 Å². The van der Waals surface area contributed by atoms with E-state index in [1.807, 2.05) is 30.3 Å². The smallest absolute Gasteiger partial charge is 0.251 e. The number of likely N-dealkylation sites (tertiary alicyclic amines) is 1. The Bertz CT molecular complexity index is 1120. The van der Waals surface area contributed by atoms with E-state index in [0.29, 0.717) is 11.6 Å².